The first-order valence-corrected chi connectivity index (χ1v) is 27.2. The van der Waals surface area contributed by atoms with Crippen LogP contribution in [-0.2, 0) is 37.3 Å². The molecule has 5 heterocycles. The first kappa shape index (κ1) is 51.0. The summed E-state index contributed by atoms with van der Waals surface area (Å²) in [4.78, 5) is 4.89. The van der Waals surface area contributed by atoms with Gasteiger partial charge < -0.3 is 22.7 Å². The summed E-state index contributed by atoms with van der Waals surface area (Å²) in [5.41, 5.74) is 16.9. The van der Waals surface area contributed by atoms with Crippen LogP contribution in [0.15, 0.2) is 197 Å². The van der Waals surface area contributed by atoms with Crippen molar-refractivity contribution in [3.05, 3.63) is 223 Å². The van der Waals surface area contributed by atoms with Gasteiger partial charge in [0.2, 0.25) is 0 Å². The Morgan fingerprint density at radius 2 is 1.00 bits per heavy atom. The Bertz CT molecular complexity index is 4630. The quantitative estimate of drug-likeness (QED) is 0.118. The van der Waals surface area contributed by atoms with Gasteiger partial charge in [-0.2, -0.15) is 18.2 Å². The number of ether oxygens (including phenoxy) is 1. The van der Waals surface area contributed by atoms with E-state index in [1.54, 1.807) is 0 Å². The number of hydrogen-bond acceptors (Lipinski definition) is 4. The topological polar surface area (TPSA) is 62.1 Å². The van der Waals surface area contributed by atoms with Gasteiger partial charge in [0.05, 0.1) is 16.7 Å². The number of aromatic nitrogens is 4. The fourth-order valence-electron chi connectivity index (χ4n) is 11.4. The van der Waals surface area contributed by atoms with Gasteiger partial charge in [-0.05, 0) is 133 Å². The summed E-state index contributed by atoms with van der Waals surface area (Å²) >= 11 is 0. The monoisotopic (exact) mass is 1220 g/mol. The number of fused-ring (bicyclic) bond motifs is 10. The van der Waals surface area contributed by atoms with Gasteiger partial charge in [-0.3, -0.25) is 4.57 Å². The predicted molar refractivity (Wildman–Crippen MR) is 321 cm³/mol. The van der Waals surface area contributed by atoms with E-state index in [0.29, 0.717) is 11.5 Å². The van der Waals surface area contributed by atoms with Crippen LogP contribution in [0.1, 0.15) is 79.0 Å². The molecule has 0 N–H and O–H groups in total. The molecule has 0 aliphatic carbocycles. The molecule has 0 aliphatic rings. The van der Waals surface area contributed by atoms with Crippen molar-refractivity contribution in [2.75, 3.05) is 0 Å². The zero-order chi connectivity index (χ0) is 54.1. The van der Waals surface area contributed by atoms with E-state index in [1.807, 2.05) is 24.4 Å². The normalized spacial score (nSPS) is 12.5. The van der Waals surface area contributed by atoms with E-state index < -0.39 is 0 Å². The zero-order valence-electron chi connectivity index (χ0n) is 46.2. The summed E-state index contributed by atoms with van der Waals surface area (Å²) in [6.45, 7) is 20.2. The van der Waals surface area contributed by atoms with E-state index >= 15 is 0 Å². The zero-order valence-corrected chi connectivity index (χ0v) is 48.5. The summed E-state index contributed by atoms with van der Waals surface area (Å²) < 4.78 is 26.2. The molecule has 14 aromatic rings. The molecule has 7 nitrogen and oxygen atoms in total. The summed E-state index contributed by atoms with van der Waals surface area (Å²) in [5, 5.41) is 6.54. The molecule has 0 saturated heterocycles. The van der Waals surface area contributed by atoms with Crippen LogP contribution in [0, 0.1) is 18.5 Å². The summed E-state index contributed by atoms with van der Waals surface area (Å²) in [6.07, 6.45) is 5.78. The van der Waals surface area contributed by atoms with Gasteiger partial charge >= 0.3 is 0 Å². The van der Waals surface area contributed by atoms with Crippen molar-refractivity contribution in [3.8, 4) is 50.9 Å². The van der Waals surface area contributed by atoms with Crippen LogP contribution in [0.25, 0.3) is 116 Å². The molecule has 14 rings (SSSR count). The maximum atomic E-state index is 6.75. The molecule has 0 bridgehead atoms. The molecule has 5 aromatic heterocycles. The van der Waals surface area contributed by atoms with E-state index in [9.17, 15) is 0 Å². The summed E-state index contributed by atoms with van der Waals surface area (Å²) in [5.74, 6) is 1.96. The SMILES string of the molecule is CC(C)(C)c1ccnc(-n2c3[c-]c(Oc4[c-]c(-n5[c-][n+](-c6c(-c7ccc8oc9ccc(C(C)(C)C)cc9c8c7)cccc6-c6ccc7oc8ccc(C(C)(C)C)cc8c7c6)c6ccccc65)ccc4)ccc3c3ccccc32)c1.[Pt]. The Hall–Kier alpha value is -8.51. The average Bonchev–Trinajstić information content (AvgIpc) is 4.26. The van der Waals surface area contributed by atoms with Gasteiger partial charge in [0.25, 0.3) is 6.33 Å². The largest absolute Gasteiger partial charge is 0.510 e. The van der Waals surface area contributed by atoms with Gasteiger partial charge in [0.1, 0.15) is 28.1 Å². The molecule has 0 aliphatic heterocycles. The van der Waals surface area contributed by atoms with Gasteiger partial charge in [-0.15, -0.1) is 29.7 Å². The van der Waals surface area contributed by atoms with Crippen LogP contribution in [0.4, 0.5) is 0 Å². The predicted octanol–water partition coefficient (Wildman–Crippen LogP) is 18.6. The second-order valence-electron chi connectivity index (χ2n) is 24.1. The van der Waals surface area contributed by atoms with Crippen molar-refractivity contribution >= 4 is 76.7 Å². The Morgan fingerprint density at radius 3 is 1.62 bits per heavy atom. The van der Waals surface area contributed by atoms with Crippen LogP contribution < -0.4 is 9.30 Å². The molecule has 0 radical (unpaired) electrons. The van der Waals surface area contributed by atoms with Crippen LogP contribution in [-0.4, -0.2) is 14.1 Å². The third-order valence-electron chi connectivity index (χ3n) is 15.7. The summed E-state index contributed by atoms with van der Waals surface area (Å²) in [7, 11) is 0. The Morgan fingerprint density at radius 1 is 0.463 bits per heavy atom. The average molecular weight is 1220 g/mol. The minimum atomic E-state index is -0.0484. The van der Waals surface area contributed by atoms with Crippen LogP contribution in [0.2, 0.25) is 0 Å². The molecular formula is C72H58N4O3Pt-2. The first-order chi connectivity index (χ1) is 38.0. The third-order valence-corrected chi connectivity index (χ3v) is 15.7. The maximum Gasteiger partial charge on any atom is 0.268 e. The minimum Gasteiger partial charge on any atom is -0.510 e. The van der Waals surface area contributed by atoms with Gasteiger partial charge in [-0.1, -0.05) is 153 Å². The molecule has 0 spiro atoms. The van der Waals surface area contributed by atoms with Crippen LogP contribution in [0.5, 0.6) is 11.5 Å². The van der Waals surface area contributed by atoms with Crippen molar-refractivity contribution < 1.29 is 39.2 Å². The van der Waals surface area contributed by atoms with E-state index in [2.05, 4.69) is 258 Å². The fourth-order valence-corrected chi connectivity index (χ4v) is 11.4. The van der Waals surface area contributed by atoms with E-state index in [1.165, 1.54) is 16.7 Å². The molecule has 0 atom stereocenters. The minimum absolute atomic E-state index is 0. The number of imidazole rings is 1. The first-order valence-electron chi connectivity index (χ1n) is 27.2. The van der Waals surface area contributed by atoms with Gasteiger partial charge in [-0.25, -0.2) is 4.98 Å². The molecule has 0 unspecified atom stereocenters. The maximum absolute atomic E-state index is 6.75. The number of para-hydroxylation sites is 4. The Kier molecular flexibility index (Phi) is 12.0. The third kappa shape index (κ3) is 8.62. The summed E-state index contributed by atoms with van der Waals surface area (Å²) in [6, 6.07) is 71.6. The van der Waals surface area contributed by atoms with E-state index in [0.717, 1.165) is 116 Å². The molecule has 9 aromatic carbocycles. The number of pyridine rings is 1. The van der Waals surface area contributed by atoms with Crippen molar-refractivity contribution in [1.82, 2.24) is 14.1 Å². The van der Waals surface area contributed by atoms with Crippen LogP contribution in [0.3, 0.4) is 0 Å². The van der Waals surface area contributed by atoms with Crippen LogP contribution >= 0.6 is 0 Å². The number of furan rings is 2. The number of benzene rings is 9. The molecule has 0 fully saturated rings. The molecule has 80 heavy (non-hydrogen) atoms. The van der Waals surface area contributed by atoms with Crippen molar-refractivity contribution in [2.45, 2.75) is 78.6 Å². The van der Waals surface area contributed by atoms with Crippen molar-refractivity contribution in [2.24, 2.45) is 0 Å². The van der Waals surface area contributed by atoms with E-state index in [4.69, 9.17) is 18.6 Å². The Balaban J connectivity index is 0.00000605. The van der Waals surface area contributed by atoms with Gasteiger partial charge in [0.15, 0.2) is 0 Å². The molecule has 0 saturated carbocycles. The Labute approximate surface area is 480 Å². The van der Waals surface area contributed by atoms with Crippen molar-refractivity contribution in [1.29, 1.82) is 0 Å². The van der Waals surface area contributed by atoms with Gasteiger partial charge in [0, 0.05) is 65.8 Å². The van der Waals surface area contributed by atoms with E-state index in [-0.39, 0.29) is 37.3 Å². The fraction of sp³-hybridized carbons (Fsp3) is 0.167. The molecule has 0 amide bonds. The smallest absolute Gasteiger partial charge is 0.268 e. The number of nitrogens with zero attached hydrogens (tertiary/aromatic N) is 4. The second kappa shape index (κ2) is 18.8. The number of rotatable bonds is 7. The number of hydrogen-bond donors (Lipinski definition) is 0. The molecular weight excluding hydrogens is 1160 g/mol. The van der Waals surface area contributed by atoms with Crippen molar-refractivity contribution in [3.63, 3.8) is 0 Å². The molecule has 396 valence electrons. The second-order valence-corrected chi connectivity index (χ2v) is 24.1. The standard InChI is InChI=1S/C72H58N4O3.Pt/c1-70(2,3)46-26-32-66-58(38-46)56-36-44(24-30-64(56)78-66)52-19-15-20-53(45-25-31-65-57(37-45)59-39-47(71(4,5)6)27-33-67(59)79-65)69(52)75-43-74(61-22-12-13-23-62(61)75)49-16-14-17-50(41-49)77-51-28-29-55-54-18-10-11-21-60(54)76(63(55)42-51)68-40-48(34-35-73-68)72(7,8)9;/h10-40H,1-9H3;/q-2;. The molecule has 8 heteroatoms.